The van der Waals surface area contributed by atoms with Gasteiger partial charge in [0, 0.05) is 11.1 Å². The third-order valence-corrected chi connectivity index (χ3v) is 4.87. The van der Waals surface area contributed by atoms with Gasteiger partial charge in [0.2, 0.25) is 0 Å². The fraction of sp³-hybridized carbons (Fsp3) is 0.238. The van der Waals surface area contributed by atoms with Crippen LogP contribution in [0.3, 0.4) is 0 Å². The highest BCUT2D eigenvalue weighted by Crippen LogP contribution is 2.35. The van der Waals surface area contributed by atoms with Crippen molar-refractivity contribution < 1.29 is 38.1 Å². The normalized spacial score (nSPS) is 10.7. The molecule has 0 saturated carbocycles. The van der Waals surface area contributed by atoms with E-state index in [2.05, 4.69) is 0 Å². The van der Waals surface area contributed by atoms with Crippen LogP contribution in [-0.4, -0.2) is 56.7 Å². The topological polar surface area (TPSA) is 110 Å². The number of hydrogen-bond acceptors (Lipinski definition) is 8. The lowest BCUT2D eigenvalue weighted by molar-refractivity contribution is 0.0552. The number of aryl methyl sites for hydroxylation is 1. The molecule has 2 aromatic heterocycles. The molecular formula is C21H19NO8. The minimum atomic E-state index is -0.884. The molecule has 0 bridgehead atoms. The van der Waals surface area contributed by atoms with Crippen molar-refractivity contribution >= 4 is 40.3 Å². The van der Waals surface area contributed by atoms with E-state index in [1.54, 1.807) is 31.2 Å². The third-order valence-electron chi connectivity index (χ3n) is 4.87. The SMILES string of the molecule is COC(=O)c1c(C(=O)OC)c2c(C(=O)OC)c(C(=O)OC)c3ccccc3n2c1C. The molecule has 30 heavy (non-hydrogen) atoms. The number of ether oxygens (including phenoxy) is 4. The molecule has 0 saturated heterocycles. The number of nitrogens with zero attached hydrogens (tertiary/aromatic N) is 1. The highest BCUT2D eigenvalue weighted by Gasteiger charge is 2.35. The van der Waals surface area contributed by atoms with Crippen molar-refractivity contribution in [2.75, 3.05) is 28.4 Å². The van der Waals surface area contributed by atoms with E-state index in [1.807, 2.05) is 0 Å². The number of fused-ring (bicyclic) bond motifs is 3. The molecule has 3 aromatic rings. The summed E-state index contributed by atoms with van der Waals surface area (Å²) in [5.41, 5.74) is 0.187. The Bertz CT molecular complexity index is 1220. The van der Waals surface area contributed by atoms with Gasteiger partial charge in [-0.25, -0.2) is 19.2 Å². The van der Waals surface area contributed by atoms with Crippen molar-refractivity contribution in [3.05, 3.63) is 52.2 Å². The molecule has 9 heteroatoms. The van der Waals surface area contributed by atoms with Crippen LogP contribution in [0.5, 0.6) is 0 Å². The van der Waals surface area contributed by atoms with E-state index < -0.39 is 23.9 Å². The van der Waals surface area contributed by atoms with Gasteiger partial charge in [-0.2, -0.15) is 0 Å². The molecule has 156 valence electrons. The van der Waals surface area contributed by atoms with Gasteiger partial charge in [-0.15, -0.1) is 0 Å². The lowest BCUT2D eigenvalue weighted by atomic mass is 9.99. The van der Waals surface area contributed by atoms with Crippen molar-refractivity contribution in [1.29, 1.82) is 0 Å². The molecule has 2 heterocycles. The van der Waals surface area contributed by atoms with Crippen LogP contribution in [-0.2, 0) is 18.9 Å². The van der Waals surface area contributed by atoms with Crippen LogP contribution in [0.2, 0.25) is 0 Å². The van der Waals surface area contributed by atoms with E-state index in [-0.39, 0.29) is 27.8 Å². The smallest absolute Gasteiger partial charge is 0.340 e. The van der Waals surface area contributed by atoms with Crippen LogP contribution < -0.4 is 0 Å². The second-order valence-electron chi connectivity index (χ2n) is 6.25. The molecule has 0 unspecified atom stereocenters. The standard InChI is InChI=1S/C21H19NO8/c1-10-13(18(23)27-2)15(20(25)29-4)17-16(21(26)30-5)14(19(24)28-3)11-8-6-7-9-12(11)22(10)17/h6-9H,1-5H3. The Hall–Kier alpha value is -3.88. The number of carbonyl (C=O) groups is 4. The monoisotopic (exact) mass is 413 g/mol. The van der Waals surface area contributed by atoms with Gasteiger partial charge in [0.1, 0.15) is 5.56 Å². The molecule has 3 rings (SSSR count). The number of carbonyl (C=O) groups excluding carboxylic acids is 4. The summed E-state index contributed by atoms with van der Waals surface area (Å²) in [6, 6.07) is 6.71. The molecule has 0 aliphatic rings. The first kappa shape index (κ1) is 20.8. The lowest BCUT2D eigenvalue weighted by Gasteiger charge is -2.15. The van der Waals surface area contributed by atoms with E-state index in [0.29, 0.717) is 16.6 Å². The first-order valence-electron chi connectivity index (χ1n) is 8.76. The van der Waals surface area contributed by atoms with Gasteiger partial charge < -0.3 is 23.3 Å². The van der Waals surface area contributed by atoms with Crippen LogP contribution >= 0.6 is 0 Å². The summed E-state index contributed by atoms with van der Waals surface area (Å²) >= 11 is 0. The minimum absolute atomic E-state index is 0.00861. The largest absolute Gasteiger partial charge is 0.465 e. The quantitative estimate of drug-likeness (QED) is 0.474. The Balaban J connectivity index is 2.77. The predicted molar refractivity (Wildman–Crippen MR) is 105 cm³/mol. The number of benzene rings is 1. The number of aromatic nitrogens is 1. The maximum absolute atomic E-state index is 12.8. The minimum Gasteiger partial charge on any atom is -0.465 e. The summed E-state index contributed by atoms with van der Waals surface area (Å²) < 4.78 is 21.1. The van der Waals surface area contributed by atoms with Crippen molar-refractivity contribution in [2.45, 2.75) is 6.92 Å². The number of esters is 4. The molecule has 0 aliphatic carbocycles. The van der Waals surface area contributed by atoms with Gasteiger partial charge in [-0.3, -0.25) is 0 Å². The number of para-hydroxylation sites is 1. The van der Waals surface area contributed by atoms with E-state index in [9.17, 15) is 19.2 Å². The van der Waals surface area contributed by atoms with Crippen molar-refractivity contribution in [3.63, 3.8) is 0 Å². The summed E-state index contributed by atoms with van der Waals surface area (Å²) in [6.07, 6.45) is 0. The second-order valence-corrected chi connectivity index (χ2v) is 6.25. The zero-order valence-corrected chi connectivity index (χ0v) is 17.0. The Labute approximate surface area is 171 Å². The predicted octanol–water partition coefficient (Wildman–Crippen LogP) is 2.55. The molecule has 9 nitrogen and oxygen atoms in total. The molecule has 0 radical (unpaired) electrons. The van der Waals surface area contributed by atoms with Gasteiger partial charge in [0.05, 0.1) is 56.2 Å². The second kappa shape index (κ2) is 7.86. The summed E-state index contributed by atoms with van der Waals surface area (Å²) in [7, 11) is 4.63. The van der Waals surface area contributed by atoms with Gasteiger partial charge in [-0.05, 0) is 13.0 Å². The summed E-state index contributed by atoms with van der Waals surface area (Å²) in [6.45, 7) is 1.59. The molecule has 0 amide bonds. The van der Waals surface area contributed by atoms with Crippen LogP contribution in [0.1, 0.15) is 47.1 Å². The Morgan fingerprint density at radius 3 is 1.63 bits per heavy atom. The summed E-state index contributed by atoms with van der Waals surface area (Å²) in [5, 5.41) is 0.378. The Morgan fingerprint density at radius 2 is 1.10 bits per heavy atom. The van der Waals surface area contributed by atoms with Crippen molar-refractivity contribution in [2.24, 2.45) is 0 Å². The molecule has 0 atom stereocenters. The molecule has 0 aliphatic heterocycles. The lowest BCUT2D eigenvalue weighted by Crippen LogP contribution is -2.17. The molecule has 0 fully saturated rings. The van der Waals surface area contributed by atoms with Gasteiger partial charge in [0.25, 0.3) is 0 Å². The highest BCUT2D eigenvalue weighted by atomic mass is 16.5. The van der Waals surface area contributed by atoms with Gasteiger partial charge in [-0.1, -0.05) is 18.2 Å². The fourth-order valence-electron chi connectivity index (χ4n) is 3.63. The van der Waals surface area contributed by atoms with Crippen LogP contribution in [0, 0.1) is 6.92 Å². The number of hydrogen-bond donors (Lipinski definition) is 0. The first-order valence-corrected chi connectivity index (χ1v) is 8.76. The number of rotatable bonds is 4. The van der Waals surface area contributed by atoms with E-state index >= 15 is 0 Å². The average Bonchev–Trinajstić information content (AvgIpc) is 3.08. The van der Waals surface area contributed by atoms with E-state index in [1.165, 1.54) is 18.6 Å². The Kier molecular flexibility index (Phi) is 5.46. The van der Waals surface area contributed by atoms with Gasteiger partial charge >= 0.3 is 23.9 Å². The highest BCUT2D eigenvalue weighted by molar-refractivity contribution is 6.21. The molecular weight excluding hydrogens is 394 g/mol. The number of methoxy groups -OCH3 is 4. The van der Waals surface area contributed by atoms with Crippen LogP contribution in [0.15, 0.2) is 24.3 Å². The van der Waals surface area contributed by atoms with Crippen molar-refractivity contribution in [1.82, 2.24) is 4.40 Å². The zero-order valence-electron chi connectivity index (χ0n) is 17.0. The third kappa shape index (κ3) is 2.86. The van der Waals surface area contributed by atoms with E-state index in [4.69, 9.17) is 18.9 Å². The fourth-order valence-corrected chi connectivity index (χ4v) is 3.63. The summed E-state index contributed by atoms with van der Waals surface area (Å²) in [4.78, 5) is 50.8. The molecule has 1 aromatic carbocycles. The summed E-state index contributed by atoms with van der Waals surface area (Å²) in [5.74, 6) is -3.36. The van der Waals surface area contributed by atoms with Crippen LogP contribution in [0.25, 0.3) is 16.4 Å². The maximum Gasteiger partial charge on any atom is 0.340 e. The van der Waals surface area contributed by atoms with Gasteiger partial charge in [0.15, 0.2) is 0 Å². The number of pyridine rings is 1. The van der Waals surface area contributed by atoms with E-state index in [0.717, 1.165) is 14.2 Å². The van der Waals surface area contributed by atoms with Crippen LogP contribution in [0.4, 0.5) is 0 Å². The Morgan fingerprint density at radius 1 is 0.667 bits per heavy atom. The zero-order chi connectivity index (χ0) is 22.2. The first-order chi connectivity index (χ1) is 14.3. The van der Waals surface area contributed by atoms with Crippen molar-refractivity contribution in [3.8, 4) is 0 Å². The average molecular weight is 413 g/mol. The molecule has 0 N–H and O–H groups in total. The maximum atomic E-state index is 12.8. The molecule has 0 spiro atoms.